The van der Waals surface area contributed by atoms with Crippen LogP contribution in [0.4, 0.5) is 0 Å². The summed E-state index contributed by atoms with van der Waals surface area (Å²) in [6.07, 6.45) is 0. The second-order valence-corrected chi connectivity index (χ2v) is 19.0. The summed E-state index contributed by atoms with van der Waals surface area (Å²) in [5, 5.41) is 13.4. The van der Waals surface area contributed by atoms with Crippen LogP contribution in [0.2, 0.25) is 0 Å². The van der Waals surface area contributed by atoms with Crippen molar-refractivity contribution in [1.82, 2.24) is 4.57 Å². The van der Waals surface area contributed by atoms with E-state index in [1.165, 1.54) is 124 Å². The molecule has 0 fully saturated rings. The maximum atomic E-state index is 2.51. The second-order valence-electron chi connectivity index (χ2n) is 16.0. The monoisotopic (exact) mass is 781 g/mol. The number of aromatic nitrogens is 1. The molecule has 3 heterocycles. The summed E-state index contributed by atoms with van der Waals surface area (Å²) in [6.45, 7) is 0. The molecule has 0 radical (unpaired) electrons. The lowest BCUT2D eigenvalue weighted by Crippen LogP contribution is -2.21. The fourth-order valence-corrected chi connectivity index (χ4v) is 13.3. The first kappa shape index (κ1) is 33.0. The number of nitrogens with zero attached hydrogens (tertiary/aromatic N) is 1. The van der Waals surface area contributed by atoms with E-state index in [-0.39, 0.29) is 0 Å². The summed E-state index contributed by atoms with van der Waals surface area (Å²) in [6, 6.07) is 75.1. The number of rotatable bonds is 4. The van der Waals surface area contributed by atoms with Gasteiger partial charge >= 0.3 is 0 Å². The van der Waals surface area contributed by atoms with E-state index in [0.717, 1.165) is 0 Å². The lowest BCUT2D eigenvalue weighted by Gasteiger charge is -2.12. The topological polar surface area (TPSA) is 4.93 Å². The van der Waals surface area contributed by atoms with Gasteiger partial charge in [-0.25, -0.2) is 0 Å². The van der Waals surface area contributed by atoms with Gasteiger partial charge in [-0.3, -0.25) is 0 Å². The molecule has 0 saturated heterocycles. The van der Waals surface area contributed by atoms with Crippen LogP contribution in [-0.4, -0.2) is 14.1 Å². The van der Waals surface area contributed by atoms with Gasteiger partial charge in [0, 0.05) is 36.6 Å². The highest BCUT2D eigenvalue weighted by Gasteiger charge is 2.23. The Morgan fingerprint density at radius 3 is 1.54 bits per heavy atom. The van der Waals surface area contributed by atoms with Crippen LogP contribution in [0.1, 0.15) is 0 Å². The van der Waals surface area contributed by atoms with Crippen molar-refractivity contribution in [2.45, 2.75) is 0 Å². The van der Waals surface area contributed by atoms with Gasteiger partial charge < -0.3 is 4.57 Å². The molecule has 1 aliphatic rings. The van der Waals surface area contributed by atoms with Crippen LogP contribution in [0, 0.1) is 0 Å². The molecule has 0 amide bonds. The van der Waals surface area contributed by atoms with Crippen LogP contribution in [0.25, 0.3) is 114 Å². The third kappa shape index (κ3) is 5.02. The third-order valence-corrected chi connectivity index (χ3v) is 16.0. The summed E-state index contributed by atoms with van der Waals surface area (Å²) in [5.74, 6) is 0. The fourth-order valence-electron chi connectivity index (χ4n) is 10.1. The van der Waals surface area contributed by atoms with Crippen molar-refractivity contribution in [3.8, 4) is 50.2 Å². The summed E-state index contributed by atoms with van der Waals surface area (Å²) in [4.78, 5) is 0. The molecule has 10 aromatic carbocycles. The molecule has 0 spiro atoms. The molecule has 274 valence electrons. The van der Waals surface area contributed by atoms with Gasteiger partial charge in [0.15, 0.2) is 0 Å². The second kappa shape index (κ2) is 12.7. The Morgan fingerprint density at radius 1 is 0.339 bits per heavy atom. The Bertz CT molecular complexity index is 3570. The Labute approximate surface area is 347 Å². The van der Waals surface area contributed by atoms with Crippen molar-refractivity contribution < 1.29 is 0 Å². The van der Waals surface area contributed by atoms with Crippen molar-refractivity contribution in [3.63, 3.8) is 0 Å². The molecule has 3 heteroatoms. The Balaban J connectivity index is 0.960. The zero-order valence-electron chi connectivity index (χ0n) is 32.1. The lowest BCUT2D eigenvalue weighted by atomic mass is 9.95. The van der Waals surface area contributed by atoms with Crippen molar-refractivity contribution >= 4 is 94.8 Å². The molecule has 0 unspecified atom stereocenters. The van der Waals surface area contributed by atoms with Gasteiger partial charge in [-0.1, -0.05) is 168 Å². The van der Waals surface area contributed by atoms with Gasteiger partial charge in [-0.05, 0) is 109 Å². The van der Waals surface area contributed by atoms with Crippen LogP contribution < -0.4 is 10.4 Å². The molecule has 0 saturated carbocycles. The molecule has 1 nitrogen and oxygen atoms in total. The standard InChI is InChI=1S/C56H35NSSi/c1-3-14-40-34(10-1)12-7-17-42(40)36-23-28-51-49(30-36)50-31-37(43-18-8-13-35-11-2-4-15-41(35)43)24-29-52(50)57(51)39-25-27-47-46-26-22-38(32-54(46)59-55(47)33-39)44-19-9-20-48-45-16-5-6-21-53(45)58-56(44)48/h1-33H,59H2. The average Bonchev–Trinajstić information content (AvgIpc) is 3.97. The van der Waals surface area contributed by atoms with E-state index in [9.17, 15) is 0 Å². The van der Waals surface area contributed by atoms with E-state index in [1.54, 1.807) is 0 Å². The normalized spacial score (nSPS) is 12.7. The Kier molecular flexibility index (Phi) is 7.12. The predicted octanol–water partition coefficient (Wildman–Crippen LogP) is 13.6. The van der Waals surface area contributed by atoms with Crippen LogP contribution >= 0.6 is 11.3 Å². The molecule has 0 atom stereocenters. The van der Waals surface area contributed by atoms with Crippen molar-refractivity contribution in [3.05, 3.63) is 200 Å². The highest BCUT2D eigenvalue weighted by molar-refractivity contribution is 7.26. The molecule has 0 aliphatic carbocycles. The largest absolute Gasteiger partial charge is 0.309 e. The van der Waals surface area contributed by atoms with Gasteiger partial charge in [0.25, 0.3) is 0 Å². The summed E-state index contributed by atoms with van der Waals surface area (Å²) >= 11 is 1.91. The van der Waals surface area contributed by atoms with Crippen molar-refractivity contribution in [1.29, 1.82) is 0 Å². The molecule has 1 aliphatic heterocycles. The van der Waals surface area contributed by atoms with Crippen LogP contribution in [-0.2, 0) is 0 Å². The molecule has 0 bridgehead atoms. The third-order valence-electron chi connectivity index (χ3n) is 12.8. The zero-order valence-corrected chi connectivity index (χ0v) is 34.3. The molecular weight excluding hydrogens is 747 g/mol. The van der Waals surface area contributed by atoms with Crippen molar-refractivity contribution in [2.75, 3.05) is 0 Å². The first-order valence-electron chi connectivity index (χ1n) is 20.5. The smallest absolute Gasteiger partial charge is 0.0892 e. The zero-order chi connectivity index (χ0) is 38.6. The number of hydrogen-bond acceptors (Lipinski definition) is 1. The minimum Gasteiger partial charge on any atom is -0.309 e. The lowest BCUT2D eigenvalue weighted by molar-refractivity contribution is 1.18. The summed E-state index contributed by atoms with van der Waals surface area (Å²) in [7, 11) is -0.707. The summed E-state index contributed by atoms with van der Waals surface area (Å²) < 4.78 is 5.24. The van der Waals surface area contributed by atoms with Gasteiger partial charge in [-0.2, -0.15) is 0 Å². The van der Waals surface area contributed by atoms with E-state index >= 15 is 0 Å². The van der Waals surface area contributed by atoms with Gasteiger partial charge in [-0.15, -0.1) is 11.3 Å². The number of thiophene rings is 1. The molecule has 0 N–H and O–H groups in total. The molecule has 2 aromatic heterocycles. The quantitative estimate of drug-likeness (QED) is 0.157. The van der Waals surface area contributed by atoms with E-state index in [2.05, 4.69) is 205 Å². The Hall–Kier alpha value is -7.04. The number of hydrogen-bond donors (Lipinski definition) is 0. The van der Waals surface area contributed by atoms with Crippen molar-refractivity contribution in [2.24, 2.45) is 0 Å². The molecule has 12 aromatic rings. The van der Waals surface area contributed by atoms with Gasteiger partial charge in [0.1, 0.15) is 0 Å². The predicted molar refractivity (Wildman–Crippen MR) is 258 cm³/mol. The van der Waals surface area contributed by atoms with Crippen LogP contribution in [0.3, 0.4) is 0 Å². The van der Waals surface area contributed by atoms with E-state index in [4.69, 9.17) is 0 Å². The fraction of sp³-hybridized carbons (Fsp3) is 0. The number of fused-ring (bicyclic) bond motifs is 11. The minimum atomic E-state index is -0.707. The molecular formula is C56H35NSSi. The van der Waals surface area contributed by atoms with E-state index < -0.39 is 9.52 Å². The minimum absolute atomic E-state index is 0.707. The number of benzene rings is 10. The summed E-state index contributed by atoms with van der Waals surface area (Å²) in [5.41, 5.74) is 14.2. The highest BCUT2D eigenvalue weighted by Crippen LogP contribution is 2.42. The first-order chi connectivity index (χ1) is 29.2. The van der Waals surface area contributed by atoms with Crippen LogP contribution in [0.5, 0.6) is 0 Å². The average molecular weight is 782 g/mol. The van der Waals surface area contributed by atoms with Crippen LogP contribution in [0.15, 0.2) is 200 Å². The molecule has 13 rings (SSSR count). The highest BCUT2D eigenvalue weighted by atomic mass is 32.1. The SMILES string of the molecule is c1ccc2c(-c3ccc4c(c3)c3cc(-c5cccc6ccccc56)ccc3n4-c3ccc4c(c3)[SiH2]c3cc(-c5cccc6c5sc5ccccc56)ccc3-4)cccc2c1. The van der Waals surface area contributed by atoms with E-state index in [1.807, 2.05) is 11.3 Å². The van der Waals surface area contributed by atoms with Gasteiger partial charge in [0.2, 0.25) is 0 Å². The maximum Gasteiger partial charge on any atom is 0.0892 e. The van der Waals surface area contributed by atoms with Gasteiger partial charge in [0.05, 0.1) is 20.6 Å². The first-order valence-corrected chi connectivity index (χ1v) is 22.7. The molecule has 59 heavy (non-hydrogen) atoms. The Morgan fingerprint density at radius 2 is 0.847 bits per heavy atom. The van der Waals surface area contributed by atoms with E-state index in [0.29, 0.717) is 0 Å². The maximum absolute atomic E-state index is 2.51.